The van der Waals surface area contributed by atoms with E-state index in [-0.39, 0.29) is 16.8 Å². The summed E-state index contributed by atoms with van der Waals surface area (Å²) >= 11 is 0. The van der Waals surface area contributed by atoms with Crippen molar-refractivity contribution in [2.75, 3.05) is 26.0 Å². The van der Waals surface area contributed by atoms with Crippen molar-refractivity contribution >= 4 is 15.7 Å². The van der Waals surface area contributed by atoms with Gasteiger partial charge in [-0.2, -0.15) is 0 Å². The Morgan fingerprint density at radius 3 is 2.43 bits per heavy atom. The molecule has 1 saturated heterocycles. The normalized spacial score (nSPS) is 19.3. The van der Waals surface area contributed by atoms with Gasteiger partial charge in [-0.15, -0.1) is 0 Å². The summed E-state index contributed by atoms with van der Waals surface area (Å²) in [6.07, 6.45) is 3.81. The van der Waals surface area contributed by atoms with Crippen molar-refractivity contribution < 1.29 is 22.7 Å². The van der Waals surface area contributed by atoms with Crippen molar-refractivity contribution in [3.05, 3.63) is 53.6 Å². The van der Waals surface area contributed by atoms with Crippen LogP contribution in [-0.2, 0) is 9.84 Å². The Morgan fingerprint density at radius 2 is 1.71 bits per heavy atom. The number of rotatable bonds is 3. The van der Waals surface area contributed by atoms with Gasteiger partial charge in [0.25, 0.3) is 5.91 Å². The average molecular weight is 401 g/mol. The number of nitrogens with zero attached hydrogens (tertiary/aromatic N) is 1. The molecule has 2 aromatic rings. The van der Waals surface area contributed by atoms with Gasteiger partial charge in [-0.05, 0) is 54.8 Å². The summed E-state index contributed by atoms with van der Waals surface area (Å²) in [5.74, 6) is 1.38. The lowest BCUT2D eigenvalue weighted by Gasteiger charge is -2.26. The van der Waals surface area contributed by atoms with Crippen molar-refractivity contribution in [2.24, 2.45) is 0 Å². The van der Waals surface area contributed by atoms with E-state index in [0.717, 1.165) is 42.6 Å². The smallest absolute Gasteiger partial charge is 0.254 e. The lowest BCUT2D eigenvalue weighted by Crippen LogP contribution is -2.30. The van der Waals surface area contributed by atoms with Crippen LogP contribution in [-0.4, -0.2) is 45.2 Å². The van der Waals surface area contributed by atoms with E-state index in [0.29, 0.717) is 25.3 Å². The second-order valence-electron chi connectivity index (χ2n) is 7.21. The van der Waals surface area contributed by atoms with Crippen LogP contribution < -0.4 is 9.47 Å². The first-order chi connectivity index (χ1) is 13.4. The zero-order valence-electron chi connectivity index (χ0n) is 15.8. The SMILES string of the molecule is CS(=O)(=O)c1ccc(C(=O)N2CCC[C@H]2c2ccc3c(c2)OCCCO3)cc1. The van der Waals surface area contributed by atoms with E-state index >= 15 is 0 Å². The second-order valence-corrected chi connectivity index (χ2v) is 9.23. The molecule has 0 unspecified atom stereocenters. The summed E-state index contributed by atoms with van der Waals surface area (Å²) in [4.78, 5) is 15.1. The number of likely N-dealkylation sites (tertiary alicyclic amines) is 1. The van der Waals surface area contributed by atoms with Gasteiger partial charge in [0.2, 0.25) is 0 Å². The van der Waals surface area contributed by atoms with Gasteiger partial charge < -0.3 is 14.4 Å². The van der Waals surface area contributed by atoms with Crippen molar-refractivity contribution in [1.29, 1.82) is 0 Å². The van der Waals surface area contributed by atoms with E-state index in [9.17, 15) is 13.2 Å². The van der Waals surface area contributed by atoms with Gasteiger partial charge in [-0.3, -0.25) is 4.79 Å². The van der Waals surface area contributed by atoms with Crippen LogP contribution in [0.5, 0.6) is 11.5 Å². The Bertz CT molecular complexity index is 984. The first kappa shape index (κ1) is 18.8. The molecule has 6 nitrogen and oxygen atoms in total. The molecule has 148 valence electrons. The predicted molar refractivity (Wildman–Crippen MR) is 105 cm³/mol. The fourth-order valence-electron chi connectivity index (χ4n) is 3.75. The predicted octanol–water partition coefficient (Wildman–Crippen LogP) is 3.23. The number of carbonyl (C=O) groups is 1. The highest BCUT2D eigenvalue weighted by Gasteiger charge is 2.31. The van der Waals surface area contributed by atoms with E-state index < -0.39 is 9.84 Å². The van der Waals surface area contributed by atoms with Crippen LogP contribution in [0, 0.1) is 0 Å². The molecule has 1 fully saturated rings. The van der Waals surface area contributed by atoms with Crippen LogP contribution in [0.15, 0.2) is 47.4 Å². The number of benzene rings is 2. The molecule has 0 radical (unpaired) electrons. The average Bonchev–Trinajstić information content (AvgIpc) is 3.05. The Morgan fingerprint density at radius 1 is 1.00 bits per heavy atom. The molecule has 2 heterocycles. The highest BCUT2D eigenvalue weighted by atomic mass is 32.2. The van der Waals surface area contributed by atoms with Crippen LogP contribution in [0.25, 0.3) is 0 Å². The van der Waals surface area contributed by atoms with Crippen molar-refractivity contribution in [2.45, 2.75) is 30.2 Å². The lowest BCUT2D eigenvalue weighted by atomic mass is 10.0. The van der Waals surface area contributed by atoms with E-state index in [4.69, 9.17) is 9.47 Å². The first-order valence-corrected chi connectivity index (χ1v) is 11.3. The molecule has 0 aliphatic carbocycles. The fraction of sp³-hybridized carbons (Fsp3) is 0.381. The number of hydrogen-bond acceptors (Lipinski definition) is 5. The molecule has 7 heteroatoms. The Labute approximate surface area is 165 Å². The summed E-state index contributed by atoms with van der Waals surface area (Å²) < 4.78 is 34.7. The number of hydrogen-bond donors (Lipinski definition) is 0. The minimum atomic E-state index is -3.28. The van der Waals surface area contributed by atoms with Crippen LogP contribution in [0.1, 0.15) is 41.2 Å². The molecule has 1 amide bonds. The molecule has 28 heavy (non-hydrogen) atoms. The zero-order valence-corrected chi connectivity index (χ0v) is 16.6. The van der Waals surface area contributed by atoms with Gasteiger partial charge >= 0.3 is 0 Å². The number of ether oxygens (including phenoxy) is 2. The van der Waals surface area contributed by atoms with Gasteiger partial charge in [0.15, 0.2) is 21.3 Å². The summed E-state index contributed by atoms with van der Waals surface area (Å²) in [7, 11) is -3.28. The van der Waals surface area contributed by atoms with Gasteiger partial charge in [-0.25, -0.2) is 8.42 Å². The topological polar surface area (TPSA) is 72.9 Å². The molecule has 0 aromatic heterocycles. The third-order valence-corrected chi connectivity index (χ3v) is 6.33. The monoisotopic (exact) mass is 401 g/mol. The summed E-state index contributed by atoms with van der Waals surface area (Å²) in [6.45, 7) is 1.94. The second kappa shape index (κ2) is 7.47. The molecule has 1 atom stereocenters. The van der Waals surface area contributed by atoms with Gasteiger partial charge in [0, 0.05) is 24.8 Å². The maximum Gasteiger partial charge on any atom is 0.254 e. The summed E-state index contributed by atoms with van der Waals surface area (Å²) in [6, 6.07) is 12.0. The third kappa shape index (κ3) is 3.71. The fourth-order valence-corrected chi connectivity index (χ4v) is 4.38. The van der Waals surface area contributed by atoms with Crippen LogP contribution in [0.2, 0.25) is 0 Å². The van der Waals surface area contributed by atoms with E-state index in [1.165, 1.54) is 12.1 Å². The number of sulfone groups is 1. The number of carbonyl (C=O) groups excluding carboxylic acids is 1. The Kier molecular flexibility index (Phi) is 5.02. The quantitative estimate of drug-likeness (QED) is 0.790. The van der Waals surface area contributed by atoms with Crippen molar-refractivity contribution in [3.8, 4) is 11.5 Å². The first-order valence-electron chi connectivity index (χ1n) is 9.44. The molecule has 0 saturated carbocycles. The van der Waals surface area contributed by atoms with Crippen LogP contribution in [0.4, 0.5) is 0 Å². The van der Waals surface area contributed by atoms with Crippen molar-refractivity contribution in [1.82, 2.24) is 4.90 Å². The summed E-state index contributed by atoms with van der Waals surface area (Å²) in [5, 5.41) is 0. The molecule has 4 rings (SSSR count). The van der Waals surface area contributed by atoms with E-state index in [1.54, 1.807) is 12.1 Å². The summed E-state index contributed by atoms with van der Waals surface area (Å²) in [5.41, 5.74) is 1.52. The molecule has 0 N–H and O–H groups in total. The molecular weight excluding hydrogens is 378 g/mol. The van der Waals surface area contributed by atoms with Gasteiger partial charge in [-0.1, -0.05) is 6.07 Å². The highest BCUT2D eigenvalue weighted by Crippen LogP contribution is 2.38. The van der Waals surface area contributed by atoms with Gasteiger partial charge in [0.1, 0.15) is 0 Å². The van der Waals surface area contributed by atoms with Crippen LogP contribution >= 0.6 is 0 Å². The van der Waals surface area contributed by atoms with Crippen molar-refractivity contribution in [3.63, 3.8) is 0 Å². The standard InChI is InChI=1S/C21H23NO5S/c1-28(24,25)17-8-5-15(6-9-17)21(23)22-11-2-4-18(22)16-7-10-19-20(14-16)27-13-3-12-26-19/h5-10,14,18H,2-4,11-13H2,1H3/t18-/m0/s1. The molecule has 2 aliphatic heterocycles. The minimum absolute atomic E-state index is 0.0285. The molecular formula is C21H23NO5S. The number of amides is 1. The Hall–Kier alpha value is -2.54. The van der Waals surface area contributed by atoms with Gasteiger partial charge in [0.05, 0.1) is 24.2 Å². The van der Waals surface area contributed by atoms with Crippen LogP contribution in [0.3, 0.4) is 0 Å². The molecule has 2 aliphatic rings. The molecule has 0 spiro atoms. The third-order valence-electron chi connectivity index (χ3n) is 5.20. The lowest BCUT2D eigenvalue weighted by molar-refractivity contribution is 0.0735. The number of fused-ring (bicyclic) bond motifs is 1. The minimum Gasteiger partial charge on any atom is -0.490 e. The molecule has 2 aromatic carbocycles. The maximum absolute atomic E-state index is 13.1. The largest absolute Gasteiger partial charge is 0.490 e. The van der Waals surface area contributed by atoms with E-state index in [2.05, 4.69) is 0 Å². The van der Waals surface area contributed by atoms with E-state index in [1.807, 2.05) is 23.1 Å². The zero-order chi connectivity index (χ0) is 19.7. The Balaban J connectivity index is 1.58. The highest BCUT2D eigenvalue weighted by molar-refractivity contribution is 7.90. The molecule has 0 bridgehead atoms. The maximum atomic E-state index is 13.1.